The summed E-state index contributed by atoms with van der Waals surface area (Å²) < 4.78 is 9.77. The Morgan fingerprint density at radius 1 is 1.15 bits per heavy atom. The van der Waals surface area contributed by atoms with Crippen LogP contribution in [0, 0.1) is 6.92 Å². The van der Waals surface area contributed by atoms with E-state index in [-0.39, 0.29) is 17.2 Å². The van der Waals surface area contributed by atoms with Gasteiger partial charge in [-0.25, -0.2) is 4.68 Å². The SMILES string of the molecule is Cc1c(NC(=O)C(C)Oc2cccc(Br)c2)c(=O)n(-c2ccccc2)n1C. The van der Waals surface area contributed by atoms with Gasteiger partial charge in [0.05, 0.1) is 11.4 Å². The molecule has 1 unspecified atom stereocenters. The Hall–Kier alpha value is -2.80. The maximum absolute atomic E-state index is 12.9. The predicted octanol–water partition coefficient (Wildman–Crippen LogP) is 3.65. The molecule has 3 rings (SSSR count). The molecule has 0 saturated carbocycles. The molecule has 0 spiro atoms. The van der Waals surface area contributed by atoms with E-state index in [1.54, 1.807) is 37.7 Å². The first-order valence-electron chi connectivity index (χ1n) is 8.45. The van der Waals surface area contributed by atoms with Gasteiger partial charge in [0.25, 0.3) is 11.5 Å². The normalized spacial score (nSPS) is 11.9. The number of rotatable bonds is 5. The molecule has 0 saturated heterocycles. The zero-order chi connectivity index (χ0) is 19.6. The number of hydrogen-bond donors (Lipinski definition) is 1. The van der Waals surface area contributed by atoms with Gasteiger partial charge in [-0.1, -0.05) is 40.2 Å². The van der Waals surface area contributed by atoms with Gasteiger partial charge in [-0.05, 0) is 44.2 Å². The molecule has 140 valence electrons. The fraction of sp³-hybridized carbons (Fsp3) is 0.200. The molecule has 0 fully saturated rings. The first kappa shape index (κ1) is 19.0. The quantitative estimate of drug-likeness (QED) is 0.672. The highest BCUT2D eigenvalue weighted by molar-refractivity contribution is 9.10. The zero-order valence-corrected chi connectivity index (χ0v) is 16.9. The van der Waals surface area contributed by atoms with Gasteiger partial charge in [-0.15, -0.1) is 0 Å². The topological polar surface area (TPSA) is 65.3 Å². The summed E-state index contributed by atoms with van der Waals surface area (Å²) >= 11 is 3.37. The molecule has 1 heterocycles. The number of carbonyl (C=O) groups is 1. The standard InChI is InChI=1S/C20H20BrN3O3/c1-13-18(20(26)24(23(13)3)16-9-5-4-6-10-16)22-19(25)14(2)27-17-11-7-8-15(21)12-17/h4-12,14H,1-3H3,(H,22,25). The van der Waals surface area contributed by atoms with Crippen molar-refractivity contribution < 1.29 is 9.53 Å². The first-order chi connectivity index (χ1) is 12.9. The highest BCUT2D eigenvalue weighted by Gasteiger charge is 2.21. The van der Waals surface area contributed by atoms with Crippen LogP contribution in [0.25, 0.3) is 5.69 Å². The van der Waals surface area contributed by atoms with Crippen molar-refractivity contribution in [1.29, 1.82) is 0 Å². The summed E-state index contributed by atoms with van der Waals surface area (Å²) in [6.45, 7) is 3.43. The van der Waals surface area contributed by atoms with Gasteiger partial charge in [-0.2, -0.15) is 0 Å². The van der Waals surface area contributed by atoms with Crippen LogP contribution in [0.15, 0.2) is 63.9 Å². The van der Waals surface area contributed by atoms with Crippen LogP contribution >= 0.6 is 15.9 Å². The van der Waals surface area contributed by atoms with Crippen LogP contribution in [0.2, 0.25) is 0 Å². The minimum atomic E-state index is -0.761. The number of benzene rings is 2. The van der Waals surface area contributed by atoms with Crippen LogP contribution in [0.3, 0.4) is 0 Å². The Labute approximate surface area is 165 Å². The molecule has 3 aromatic rings. The van der Waals surface area contributed by atoms with Crippen LogP contribution < -0.4 is 15.6 Å². The molecule has 0 bridgehead atoms. The molecular weight excluding hydrogens is 410 g/mol. The lowest BCUT2D eigenvalue weighted by atomic mass is 10.3. The number of nitrogens with one attached hydrogen (secondary N) is 1. The lowest BCUT2D eigenvalue weighted by Gasteiger charge is -2.14. The number of nitrogens with zero attached hydrogens (tertiary/aromatic N) is 2. The lowest BCUT2D eigenvalue weighted by molar-refractivity contribution is -0.122. The van der Waals surface area contributed by atoms with E-state index in [2.05, 4.69) is 21.2 Å². The van der Waals surface area contributed by atoms with Gasteiger partial charge in [0.2, 0.25) is 0 Å². The van der Waals surface area contributed by atoms with Crippen molar-refractivity contribution in [3.63, 3.8) is 0 Å². The van der Waals surface area contributed by atoms with Crippen molar-refractivity contribution in [3.05, 3.63) is 75.1 Å². The largest absolute Gasteiger partial charge is 0.481 e. The number of para-hydroxylation sites is 1. The molecular formula is C20H20BrN3O3. The van der Waals surface area contributed by atoms with E-state index in [0.29, 0.717) is 11.4 Å². The van der Waals surface area contributed by atoms with Gasteiger partial charge in [0.1, 0.15) is 11.4 Å². The molecule has 0 aliphatic carbocycles. The second kappa shape index (κ2) is 7.84. The molecule has 1 N–H and O–H groups in total. The fourth-order valence-corrected chi connectivity index (χ4v) is 3.11. The second-order valence-electron chi connectivity index (χ2n) is 6.14. The Morgan fingerprint density at radius 3 is 2.52 bits per heavy atom. The van der Waals surface area contributed by atoms with Gasteiger partial charge < -0.3 is 10.1 Å². The first-order valence-corrected chi connectivity index (χ1v) is 9.25. The Morgan fingerprint density at radius 2 is 1.85 bits per heavy atom. The molecule has 2 aromatic carbocycles. The Kier molecular flexibility index (Phi) is 5.51. The van der Waals surface area contributed by atoms with E-state index >= 15 is 0 Å². The van der Waals surface area contributed by atoms with Crippen LogP contribution in [0.1, 0.15) is 12.6 Å². The third-order valence-electron chi connectivity index (χ3n) is 4.28. The summed E-state index contributed by atoms with van der Waals surface area (Å²) in [5.74, 6) is 0.180. The van der Waals surface area contributed by atoms with Gasteiger partial charge >= 0.3 is 0 Å². The number of ether oxygens (including phenoxy) is 1. The maximum Gasteiger partial charge on any atom is 0.295 e. The van der Waals surface area contributed by atoms with Gasteiger partial charge in [0, 0.05) is 11.5 Å². The Balaban J connectivity index is 1.83. The summed E-state index contributed by atoms with van der Waals surface area (Å²) in [6, 6.07) is 16.5. The zero-order valence-electron chi connectivity index (χ0n) is 15.3. The highest BCUT2D eigenvalue weighted by Crippen LogP contribution is 2.20. The van der Waals surface area contributed by atoms with Gasteiger partial charge in [-0.3, -0.25) is 14.3 Å². The smallest absolute Gasteiger partial charge is 0.295 e. The molecule has 1 amide bonds. The van der Waals surface area contributed by atoms with Crippen LogP contribution in [0.4, 0.5) is 5.69 Å². The van der Waals surface area contributed by atoms with E-state index in [1.165, 1.54) is 4.68 Å². The minimum Gasteiger partial charge on any atom is -0.481 e. The molecule has 6 nitrogen and oxygen atoms in total. The molecule has 0 radical (unpaired) electrons. The van der Waals surface area contributed by atoms with Crippen molar-refractivity contribution in [2.45, 2.75) is 20.0 Å². The number of amides is 1. The van der Waals surface area contributed by atoms with Crippen LogP contribution in [-0.2, 0) is 11.8 Å². The molecule has 0 aliphatic heterocycles. The number of hydrogen-bond acceptors (Lipinski definition) is 3. The van der Waals surface area contributed by atoms with Gasteiger partial charge in [0.15, 0.2) is 6.10 Å². The summed E-state index contributed by atoms with van der Waals surface area (Å²) in [4.78, 5) is 25.4. The number of halogens is 1. The number of aromatic nitrogens is 2. The fourth-order valence-electron chi connectivity index (χ4n) is 2.74. The second-order valence-corrected chi connectivity index (χ2v) is 7.06. The summed E-state index contributed by atoms with van der Waals surface area (Å²) in [7, 11) is 1.78. The van der Waals surface area contributed by atoms with Crippen molar-refractivity contribution in [2.24, 2.45) is 7.05 Å². The predicted molar refractivity (Wildman–Crippen MR) is 109 cm³/mol. The average Bonchev–Trinajstić information content (AvgIpc) is 2.85. The lowest BCUT2D eigenvalue weighted by Crippen LogP contribution is -2.32. The average molecular weight is 430 g/mol. The monoisotopic (exact) mass is 429 g/mol. The van der Waals surface area contributed by atoms with Crippen LogP contribution in [-0.4, -0.2) is 21.4 Å². The number of carbonyl (C=O) groups excluding carboxylic acids is 1. The summed E-state index contributed by atoms with van der Waals surface area (Å²) in [5, 5.41) is 2.71. The van der Waals surface area contributed by atoms with Crippen molar-refractivity contribution >= 4 is 27.5 Å². The summed E-state index contributed by atoms with van der Waals surface area (Å²) in [6.07, 6.45) is -0.761. The van der Waals surface area contributed by atoms with E-state index in [9.17, 15) is 9.59 Å². The third kappa shape index (κ3) is 3.98. The molecule has 1 atom stereocenters. The highest BCUT2D eigenvalue weighted by atomic mass is 79.9. The van der Waals surface area contributed by atoms with E-state index in [0.717, 1.165) is 10.2 Å². The number of anilines is 1. The van der Waals surface area contributed by atoms with E-state index in [4.69, 9.17) is 4.74 Å². The molecule has 1 aromatic heterocycles. The van der Waals surface area contributed by atoms with Crippen molar-refractivity contribution in [2.75, 3.05) is 5.32 Å². The van der Waals surface area contributed by atoms with Crippen molar-refractivity contribution in [3.8, 4) is 11.4 Å². The van der Waals surface area contributed by atoms with E-state index in [1.807, 2.05) is 42.5 Å². The summed E-state index contributed by atoms with van der Waals surface area (Å²) in [5.41, 5.74) is 1.35. The van der Waals surface area contributed by atoms with E-state index < -0.39 is 6.10 Å². The molecule has 7 heteroatoms. The maximum atomic E-state index is 12.9. The molecule has 0 aliphatic rings. The third-order valence-corrected chi connectivity index (χ3v) is 4.77. The van der Waals surface area contributed by atoms with Crippen molar-refractivity contribution in [1.82, 2.24) is 9.36 Å². The molecule has 27 heavy (non-hydrogen) atoms. The van der Waals surface area contributed by atoms with Crippen LogP contribution in [0.5, 0.6) is 5.75 Å². The minimum absolute atomic E-state index is 0.246. The Bertz CT molecular complexity index is 1020.